The van der Waals surface area contributed by atoms with Gasteiger partial charge in [0.1, 0.15) is 6.17 Å². The molecular formula is C15H14BrF2N3O2. The monoisotopic (exact) mass is 385 g/mol. The van der Waals surface area contributed by atoms with Crippen molar-refractivity contribution in [3.05, 3.63) is 40.5 Å². The van der Waals surface area contributed by atoms with Gasteiger partial charge in [-0.3, -0.25) is 4.79 Å². The molecule has 1 aliphatic rings. The van der Waals surface area contributed by atoms with Crippen LogP contribution < -0.4 is 0 Å². The van der Waals surface area contributed by atoms with Crippen LogP contribution in [0.25, 0.3) is 5.82 Å². The minimum atomic E-state index is -1.11. The second-order valence-electron chi connectivity index (χ2n) is 5.58. The molecular weight excluding hydrogens is 372 g/mol. The van der Waals surface area contributed by atoms with E-state index in [9.17, 15) is 18.7 Å². The molecule has 8 heteroatoms. The summed E-state index contributed by atoms with van der Waals surface area (Å²) < 4.78 is 29.2. The Morgan fingerprint density at radius 1 is 1.43 bits per heavy atom. The third-order valence-corrected chi connectivity index (χ3v) is 4.72. The molecule has 0 radical (unpaired) electrons. The van der Waals surface area contributed by atoms with Crippen LogP contribution in [0.3, 0.4) is 0 Å². The van der Waals surface area contributed by atoms with Gasteiger partial charge in [0, 0.05) is 18.3 Å². The lowest BCUT2D eigenvalue weighted by Gasteiger charge is -2.29. The van der Waals surface area contributed by atoms with Gasteiger partial charge in [-0.05, 0) is 47.3 Å². The van der Waals surface area contributed by atoms with Crippen molar-refractivity contribution < 1.29 is 18.7 Å². The number of nitrogens with zero attached hydrogens (tertiary/aromatic N) is 3. The van der Waals surface area contributed by atoms with E-state index in [1.54, 1.807) is 6.20 Å². The van der Waals surface area contributed by atoms with Gasteiger partial charge in [-0.15, -0.1) is 0 Å². The lowest BCUT2D eigenvalue weighted by molar-refractivity contribution is -0.144. The molecule has 3 rings (SSSR count). The zero-order chi connectivity index (χ0) is 16.6. The van der Waals surface area contributed by atoms with Crippen molar-refractivity contribution in [3.63, 3.8) is 0 Å². The van der Waals surface area contributed by atoms with Crippen LogP contribution in [0.2, 0.25) is 0 Å². The zero-order valence-corrected chi connectivity index (χ0v) is 13.6. The fourth-order valence-electron chi connectivity index (χ4n) is 2.99. The first-order valence-corrected chi connectivity index (χ1v) is 7.99. The number of rotatable bonds is 3. The van der Waals surface area contributed by atoms with Crippen molar-refractivity contribution in [2.75, 3.05) is 0 Å². The maximum atomic E-state index is 13.8. The highest BCUT2D eigenvalue weighted by Gasteiger charge is 2.38. The van der Waals surface area contributed by atoms with E-state index >= 15 is 0 Å². The van der Waals surface area contributed by atoms with E-state index in [1.807, 2.05) is 0 Å². The Kier molecular flexibility index (Phi) is 4.43. The quantitative estimate of drug-likeness (QED) is 0.877. The molecule has 2 aromatic heterocycles. The van der Waals surface area contributed by atoms with Gasteiger partial charge in [0.05, 0.1) is 16.1 Å². The normalized spacial score (nSPS) is 24.6. The lowest BCUT2D eigenvalue weighted by Crippen LogP contribution is -2.30. The van der Waals surface area contributed by atoms with Gasteiger partial charge in [0.2, 0.25) is 0 Å². The van der Waals surface area contributed by atoms with Crippen molar-refractivity contribution in [3.8, 4) is 5.82 Å². The lowest BCUT2D eigenvalue weighted by atomic mass is 9.77. The molecule has 2 aromatic rings. The average Bonchev–Trinajstić information content (AvgIpc) is 2.89. The largest absolute Gasteiger partial charge is 0.481 e. The maximum absolute atomic E-state index is 13.8. The van der Waals surface area contributed by atoms with E-state index in [4.69, 9.17) is 0 Å². The molecule has 0 bridgehead atoms. The van der Waals surface area contributed by atoms with E-state index in [0.717, 1.165) is 0 Å². The summed E-state index contributed by atoms with van der Waals surface area (Å²) in [5, 5.41) is 13.7. The molecule has 5 nitrogen and oxygen atoms in total. The fourth-order valence-corrected chi connectivity index (χ4v) is 3.56. The first kappa shape index (κ1) is 16.0. The van der Waals surface area contributed by atoms with Crippen molar-refractivity contribution in [2.24, 2.45) is 5.92 Å². The Hall–Kier alpha value is -1.83. The van der Waals surface area contributed by atoms with Crippen molar-refractivity contribution in [1.29, 1.82) is 0 Å². The molecule has 2 heterocycles. The highest BCUT2D eigenvalue weighted by molar-refractivity contribution is 9.10. The number of carboxylic acids is 1. The second kappa shape index (κ2) is 6.35. The zero-order valence-electron chi connectivity index (χ0n) is 12.0. The Morgan fingerprint density at radius 2 is 2.22 bits per heavy atom. The van der Waals surface area contributed by atoms with Gasteiger partial charge >= 0.3 is 5.97 Å². The third kappa shape index (κ3) is 3.12. The average molecular weight is 386 g/mol. The van der Waals surface area contributed by atoms with Crippen LogP contribution in [-0.2, 0) is 4.79 Å². The standard InChI is InChI=1S/C15H14BrF2N3O2/c16-11-7-21(14-12(18)2-1-5-19-14)20-13(11)9-4-3-8(17)6-10(9)15(22)23/h1-2,5,7-10H,3-4,6H2,(H,22,23). The number of halogens is 3. The summed E-state index contributed by atoms with van der Waals surface area (Å²) in [5.41, 5.74) is 0.495. The summed E-state index contributed by atoms with van der Waals surface area (Å²) in [6, 6.07) is 2.74. The minimum absolute atomic E-state index is 0.0305. The van der Waals surface area contributed by atoms with E-state index in [1.165, 1.54) is 23.0 Å². The number of hydrogen-bond donors (Lipinski definition) is 1. The van der Waals surface area contributed by atoms with Gasteiger partial charge < -0.3 is 5.11 Å². The van der Waals surface area contributed by atoms with E-state index < -0.39 is 29.8 Å². The van der Waals surface area contributed by atoms with Crippen LogP contribution in [-0.4, -0.2) is 32.0 Å². The minimum Gasteiger partial charge on any atom is -0.481 e. The van der Waals surface area contributed by atoms with Gasteiger partial charge in [-0.2, -0.15) is 5.10 Å². The predicted octanol–water partition coefficient (Wildman–Crippen LogP) is 3.48. The number of hydrogen-bond acceptors (Lipinski definition) is 3. The smallest absolute Gasteiger partial charge is 0.307 e. The number of pyridine rings is 1. The SMILES string of the molecule is O=C(O)C1CC(F)CCC1c1nn(-c2ncccc2F)cc1Br. The number of carbonyl (C=O) groups is 1. The molecule has 122 valence electrons. The molecule has 3 atom stereocenters. The molecule has 3 unspecified atom stereocenters. The Labute approximate surface area is 139 Å². The highest BCUT2D eigenvalue weighted by Crippen LogP contribution is 2.41. The molecule has 0 aromatic carbocycles. The first-order chi connectivity index (χ1) is 11.0. The van der Waals surface area contributed by atoms with Gasteiger partial charge in [0.15, 0.2) is 11.6 Å². The van der Waals surface area contributed by atoms with E-state index in [0.29, 0.717) is 23.0 Å². The summed E-state index contributed by atoms with van der Waals surface area (Å²) in [5.74, 6) is -2.79. The maximum Gasteiger partial charge on any atom is 0.307 e. The van der Waals surface area contributed by atoms with Crippen LogP contribution in [0.4, 0.5) is 8.78 Å². The van der Waals surface area contributed by atoms with Crippen LogP contribution in [0.5, 0.6) is 0 Å². The van der Waals surface area contributed by atoms with Crippen molar-refractivity contribution in [1.82, 2.24) is 14.8 Å². The summed E-state index contributed by atoms with van der Waals surface area (Å²) in [6.07, 6.45) is 2.53. The van der Waals surface area contributed by atoms with Gasteiger partial charge in [0.25, 0.3) is 0 Å². The van der Waals surface area contributed by atoms with E-state index in [2.05, 4.69) is 26.0 Å². The van der Waals surface area contributed by atoms with Crippen molar-refractivity contribution >= 4 is 21.9 Å². The molecule has 0 saturated heterocycles. The van der Waals surface area contributed by atoms with E-state index in [-0.39, 0.29) is 12.2 Å². The van der Waals surface area contributed by atoms with Gasteiger partial charge in [-0.25, -0.2) is 18.4 Å². The number of carboxylic acid groups (broad SMARTS) is 1. The topological polar surface area (TPSA) is 68.0 Å². The van der Waals surface area contributed by atoms with Crippen LogP contribution in [0.15, 0.2) is 29.0 Å². The molecule has 1 fully saturated rings. The summed E-state index contributed by atoms with van der Waals surface area (Å²) in [7, 11) is 0. The Bertz CT molecular complexity index is 737. The first-order valence-electron chi connectivity index (χ1n) is 7.20. The van der Waals surface area contributed by atoms with Crippen molar-refractivity contribution in [2.45, 2.75) is 31.4 Å². The molecule has 23 heavy (non-hydrogen) atoms. The number of alkyl halides is 1. The molecule has 0 aliphatic heterocycles. The molecule has 1 N–H and O–H groups in total. The second-order valence-corrected chi connectivity index (χ2v) is 6.43. The number of aromatic nitrogens is 3. The highest BCUT2D eigenvalue weighted by atomic mass is 79.9. The summed E-state index contributed by atoms with van der Waals surface area (Å²) in [6.45, 7) is 0. The summed E-state index contributed by atoms with van der Waals surface area (Å²) >= 11 is 3.35. The Balaban J connectivity index is 1.97. The van der Waals surface area contributed by atoms with Crippen LogP contribution >= 0.6 is 15.9 Å². The van der Waals surface area contributed by atoms with Gasteiger partial charge in [-0.1, -0.05) is 0 Å². The molecule has 0 amide bonds. The summed E-state index contributed by atoms with van der Waals surface area (Å²) in [4.78, 5) is 15.4. The Morgan fingerprint density at radius 3 is 2.91 bits per heavy atom. The molecule has 0 spiro atoms. The molecule has 1 aliphatic carbocycles. The van der Waals surface area contributed by atoms with Crippen LogP contribution in [0.1, 0.15) is 30.9 Å². The van der Waals surface area contributed by atoms with Crippen LogP contribution in [0, 0.1) is 11.7 Å². The molecule has 1 saturated carbocycles. The number of aliphatic carboxylic acids is 1. The fraction of sp³-hybridized carbons (Fsp3) is 0.400. The third-order valence-electron chi connectivity index (χ3n) is 4.11. The predicted molar refractivity (Wildman–Crippen MR) is 81.6 cm³/mol.